The third kappa shape index (κ3) is 5.51. The molecule has 4 heterocycles. The Morgan fingerprint density at radius 3 is 2.76 bits per heavy atom. The number of aromatic nitrogens is 2. The third-order valence-corrected chi connectivity index (χ3v) is 6.45. The maximum Gasteiger partial charge on any atom is 0.257 e. The van der Waals surface area contributed by atoms with Crippen molar-refractivity contribution in [3.05, 3.63) is 53.6 Å². The molecule has 0 amide bonds. The van der Waals surface area contributed by atoms with E-state index in [9.17, 15) is 4.39 Å². The number of fused-ring (bicyclic) bond motifs is 2. The lowest BCUT2D eigenvalue weighted by atomic mass is 10.0. The first kappa shape index (κ1) is 24.4. The highest BCUT2D eigenvalue weighted by Crippen LogP contribution is 2.28. The summed E-state index contributed by atoms with van der Waals surface area (Å²) < 4.78 is 31.0. The molecular formula is C25H30ClFN4O3. The first-order valence-corrected chi connectivity index (χ1v) is 11.5. The highest BCUT2D eigenvalue weighted by atomic mass is 35.5. The van der Waals surface area contributed by atoms with Gasteiger partial charge in [-0.1, -0.05) is 0 Å². The number of hydrogen-bond donors (Lipinski definition) is 1. The van der Waals surface area contributed by atoms with Crippen LogP contribution >= 0.6 is 12.4 Å². The van der Waals surface area contributed by atoms with Crippen LogP contribution in [0.25, 0.3) is 10.9 Å². The molecule has 1 aromatic carbocycles. The SMILES string of the molecule is COc1ccc2ncc(F)c(CCN3CCC(NCc4cnc5c(c4)OCCO5)CC3)c2c1.Cl. The summed E-state index contributed by atoms with van der Waals surface area (Å²) in [6, 6.07) is 8.08. The van der Waals surface area contributed by atoms with E-state index in [4.69, 9.17) is 14.2 Å². The lowest BCUT2D eigenvalue weighted by Gasteiger charge is -2.32. The molecule has 2 aromatic heterocycles. The van der Waals surface area contributed by atoms with E-state index in [1.54, 1.807) is 7.11 Å². The van der Waals surface area contributed by atoms with Crippen molar-refractivity contribution in [3.8, 4) is 17.4 Å². The summed E-state index contributed by atoms with van der Waals surface area (Å²) in [4.78, 5) is 11.0. The average molecular weight is 489 g/mol. The van der Waals surface area contributed by atoms with Gasteiger partial charge < -0.3 is 24.4 Å². The van der Waals surface area contributed by atoms with Crippen LogP contribution in [0.1, 0.15) is 24.0 Å². The molecule has 5 rings (SSSR count). The van der Waals surface area contributed by atoms with Gasteiger partial charge in [-0.25, -0.2) is 9.37 Å². The van der Waals surface area contributed by atoms with Gasteiger partial charge in [0.25, 0.3) is 5.88 Å². The number of nitrogens with zero attached hydrogens (tertiary/aromatic N) is 3. The van der Waals surface area contributed by atoms with Gasteiger partial charge in [-0.3, -0.25) is 4.98 Å². The summed E-state index contributed by atoms with van der Waals surface area (Å²) in [5, 5.41) is 4.47. The molecule has 1 N–H and O–H groups in total. The van der Waals surface area contributed by atoms with Crippen LogP contribution in [0.2, 0.25) is 0 Å². The third-order valence-electron chi connectivity index (χ3n) is 6.45. The van der Waals surface area contributed by atoms with Crippen LogP contribution in [0.15, 0.2) is 36.7 Å². The van der Waals surface area contributed by atoms with E-state index >= 15 is 0 Å². The predicted octanol–water partition coefficient (Wildman–Crippen LogP) is 3.77. The zero-order valence-electron chi connectivity index (χ0n) is 19.3. The Labute approximate surface area is 205 Å². The number of hydrogen-bond acceptors (Lipinski definition) is 7. The van der Waals surface area contributed by atoms with Crippen molar-refractivity contribution in [3.63, 3.8) is 0 Å². The molecule has 3 aromatic rings. The van der Waals surface area contributed by atoms with Gasteiger partial charge in [-0.05, 0) is 62.2 Å². The van der Waals surface area contributed by atoms with Crippen molar-refractivity contribution in [1.29, 1.82) is 0 Å². The van der Waals surface area contributed by atoms with Gasteiger partial charge in [-0.2, -0.15) is 0 Å². The smallest absolute Gasteiger partial charge is 0.257 e. The van der Waals surface area contributed by atoms with Gasteiger partial charge in [0.15, 0.2) is 5.75 Å². The summed E-state index contributed by atoms with van der Waals surface area (Å²) in [6.45, 7) is 4.68. The van der Waals surface area contributed by atoms with E-state index in [0.29, 0.717) is 37.1 Å². The van der Waals surface area contributed by atoms with Gasteiger partial charge in [-0.15, -0.1) is 12.4 Å². The maximum atomic E-state index is 14.6. The van der Waals surface area contributed by atoms with Gasteiger partial charge in [0, 0.05) is 36.3 Å². The Balaban J connectivity index is 0.00000274. The van der Waals surface area contributed by atoms with Gasteiger partial charge >= 0.3 is 0 Å². The van der Waals surface area contributed by atoms with Crippen LogP contribution in [0.3, 0.4) is 0 Å². The van der Waals surface area contributed by atoms with E-state index in [1.807, 2.05) is 30.5 Å². The maximum absolute atomic E-state index is 14.6. The first-order valence-electron chi connectivity index (χ1n) is 11.5. The fourth-order valence-electron chi connectivity index (χ4n) is 4.55. The molecule has 182 valence electrons. The summed E-state index contributed by atoms with van der Waals surface area (Å²) in [5.41, 5.74) is 2.60. The molecule has 2 aliphatic heterocycles. The number of halogens is 2. The molecule has 0 radical (unpaired) electrons. The topological polar surface area (TPSA) is 68.7 Å². The van der Waals surface area contributed by atoms with Gasteiger partial charge in [0.1, 0.15) is 24.8 Å². The minimum atomic E-state index is -0.250. The predicted molar refractivity (Wildman–Crippen MR) is 131 cm³/mol. The van der Waals surface area contributed by atoms with Crippen LogP contribution in [0, 0.1) is 5.82 Å². The Morgan fingerprint density at radius 2 is 1.94 bits per heavy atom. The van der Waals surface area contributed by atoms with E-state index < -0.39 is 0 Å². The lowest BCUT2D eigenvalue weighted by molar-refractivity contribution is 0.164. The minimum Gasteiger partial charge on any atom is -0.497 e. The summed E-state index contributed by atoms with van der Waals surface area (Å²) in [7, 11) is 1.62. The molecule has 1 saturated heterocycles. The van der Waals surface area contributed by atoms with Crippen molar-refractivity contribution in [1.82, 2.24) is 20.2 Å². The second-order valence-electron chi connectivity index (χ2n) is 8.56. The molecule has 0 spiro atoms. The highest BCUT2D eigenvalue weighted by Gasteiger charge is 2.20. The fraction of sp³-hybridized carbons (Fsp3) is 0.440. The Hall–Kier alpha value is -2.68. The van der Waals surface area contributed by atoms with E-state index in [0.717, 1.165) is 67.0 Å². The number of piperidine rings is 1. The van der Waals surface area contributed by atoms with E-state index in [2.05, 4.69) is 20.2 Å². The van der Waals surface area contributed by atoms with Crippen molar-refractivity contribution in [2.75, 3.05) is 40.0 Å². The number of methoxy groups -OCH3 is 1. The summed E-state index contributed by atoms with van der Waals surface area (Å²) in [5.74, 6) is 1.77. The van der Waals surface area contributed by atoms with E-state index in [1.165, 1.54) is 6.20 Å². The lowest BCUT2D eigenvalue weighted by Crippen LogP contribution is -2.42. The van der Waals surface area contributed by atoms with Crippen LogP contribution in [0.5, 0.6) is 17.4 Å². The van der Waals surface area contributed by atoms with Crippen LogP contribution in [0.4, 0.5) is 4.39 Å². The minimum absolute atomic E-state index is 0. The fourth-order valence-corrected chi connectivity index (χ4v) is 4.55. The second-order valence-corrected chi connectivity index (χ2v) is 8.56. The van der Waals surface area contributed by atoms with Crippen LogP contribution in [-0.4, -0.2) is 60.9 Å². The molecule has 1 fully saturated rings. The molecule has 0 bridgehead atoms. The quantitative estimate of drug-likeness (QED) is 0.543. The summed E-state index contributed by atoms with van der Waals surface area (Å²) >= 11 is 0. The largest absolute Gasteiger partial charge is 0.497 e. The number of benzene rings is 1. The molecule has 0 atom stereocenters. The number of nitrogens with one attached hydrogen (secondary N) is 1. The average Bonchev–Trinajstić information content (AvgIpc) is 2.87. The van der Waals surface area contributed by atoms with E-state index in [-0.39, 0.29) is 18.2 Å². The molecule has 7 nitrogen and oxygen atoms in total. The molecule has 34 heavy (non-hydrogen) atoms. The van der Waals surface area contributed by atoms with Gasteiger partial charge in [0.05, 0.1) is 18.8 Å². The monoisotopic (exact) mass is 488 g/mol. The Bertz CT molecular complexity index is 1120. The van der Waals surface area contributed by atoms with Gasteiger partial charge in [0.2, 0.25) is 0 Å². The number of likely N-dealkylation sites (tertiary alicyclic amines) is 1. The molecule has 2 aliphatic rings. The normalized spacial score (nSPS) is 16.3. The van der Waals surface area contributed by atoms with Crippen LogP contribution < -0.4 is 19.5 Å². The Morgan fingerprint density at radius 1 is 1.12 bits per heavy atom. The molecule has 0 unspecified atom stereocenters. The number of ether oxygens (including phenoxy) is 3. The van der Waals surface area contributed by atoms with Crippen molar-refractivity contribution < 1.29 is 18.6 Å². The number of rotatable bonds is 7. The highest BCUT2D eigenvalue weighted by molar-refractivity contribution is 5.85. The molecular weight excluding hydrogens is 459 g/mol. The van der Waals surface area contributed by atoms with Crippen molar-refractivity contribution in [2.45, 2.75) is 31.8 Å². The first-order chi connectivity index (χ1) is 16.2. The van der Waals surface area contributed by atoms with Crippen molar-refractivity contribution in [2.24, 2.45) is 0 Å². The number of pyridine rings is 2. The summed E-state index contributed by atoms with van der Waals surface area (Å²) in [6.07, 6.45) is 5.95. The molecule has 9 heteroatoms. The standard InChI is InChI=1S/C25H29FN4O3.ClH/c1-31-19-2-3-23-21(13-19)20(22(26)16-28-23)6-9-30-7-4-18(5-8-30)27-14-17-12-24-25(29-15-17)33-11-10-32-24;/h2-3,12-13,15-16,18,27H,4-11,14H2,1H3;1H. The second kappa shape index (κ2) is 11.2. The zero-order valence-corrected chi connectivity index (χ0v) is 20.1. The van der Waals surface area contributed by atoms with Crippen molar-refractivity contribution >= 4 is 23.3 Å². The zero-order chi connectivity index (χ0) is 22.6. The molecule has 0 aliphatic carbocycles. The molecule has 0 saturated carbocycles. The Kier molecular flexibility index (Phi) is 8.03. The van der Waals surface area contributed by atoms with Crippen LogP contribution in [-0.2, 0) is 13.0 Å².